The molecular weight excluding hydrogens is 278 g/mol. The highest BCUT2D eigenvalue weighted by Gasteiger charge is 2.48. The van der Waals surface area contributed by atoms with Crippen molar-refractivity contribution < 1.29 is 9.59 Å². The van der Waals surface area contributed by atoms with Crippen LogP contribution in [-0.4, -0.2) is 28.4 Å². The van der Waals surface area contributed by atoms with Crippen molar-refractivity contribution in [3.8, 4) is 0 Å². The summed E-state index contributed by atoms with van der Waals surface area (Å²) in [6, 6.07) is 5.43. The number of carbonyl (C=O) groups is 2. The van der Waals surface area contributed by atoms with Crippen molar-refractivity contribution in [2.45, 2.75) is 12.8 Å². The van der Waals surface area contributed by atoms with Crippen LogP contribution >= 0.6 is 11.6 Å². The molecule has 0 aromatic carbocycles. The van der Waals surface area contributed by atoms with Crippen molar-refractivity contribution in [1.82, 2.24) is 9.88 Å². The molecule has 2 atom stereocenters. The highest BCUT2D eigenvalue weighted by molar-refractivity contribution is 6.30. The number of aromatic nitrogens is 1. The van der Waals surface area contributed by atoms with E-state index in [-0.39, 0.29) is 30.3 Å². The summed E-state index contributed by atoms with van der Waals surface area (Å²) in [7, 11) is 0. The van der Waals surface area contributed by atoms with E-state index in [0.717, 1.165) is 0 Å². The van der Waals surface area contributed by atoms with Gasteiger partial charge in [-0.1, -0.05) is 23.7 Å². The summed E-state index contributed by atoms with van der Waals surface area (Å²) < 4.78 is 0. The predicted molar refractivity (Wildman–Crippen MR) is 74.7 cm³/mol. The number of imide groups is 1. The maximum absolute atomic E-state index is 12.3. The fourth-order valence-electron chi connectivity index (χ4n) is 2.68. The number of allylic oxidation sites excluding steroid dienone is 2. The highest BCUT2D eigenvalue weighted by atomic mass is 35.5. The molecule has 1 saturated heterocycles. The lowest BCUT2D eigenvalue weighted by atomic mass is 9.85. The Bertz CT molecular complexity index is 573. The number of halogens is 1. The van der Waals surface area contributed by atoms with Gasteiger partial charge < -0.3 is 5.32 Å². The maximum Gasteiger partial charge on any atom is 0.234 e. The molecule has 20 heavy (non-hydrogen) atoms. The van der Waals surface area contributed by atoms with Crippen molar-refractivity contribution in [2.24, 2.45) is 11.8 Å². The summed E-state index contributed by atoms with van der Waals surface area (Å²) in [6.45, 7) is 0.152. The molecule has 1 aromatic heterocycles. The van der Waals surface area contributed by atoms with Crippen LogP contribution in [0.1, 0.15) is 12.8 Å². The fraction of sp³-hybridized carbons (Fsp3) is 0.357. The quantitative estimate of drug-likeness (QED) is 0.865. The SMILES string of the molecule is O=C1[C@@H]2CC=C(Cl)C[C@H]2C(=O)N1CNc1ccccn1. The van der Waals surface area contributed by atoms with Crippen LogP contribution in [0.2, 0.25) is 0 Å². The molecule has 1 aliphatic carbocycles. The van der Waals surface area contributed by atoms with Crippen LogP contribution in [0.5, 0.6) is 0 Å². The Hall–Kier alpha value is -1.88. The summed E-state index contributed by atoms with van der Waals surface area (Å²) in [5, 5.41) is 3.66. The number of fused-ring (bicyclic) bond motifs is 1. The van der Waals surface area contributed by atoms with E-state index in [4.69, 9.17) is 11.6 Å². The van der Waals surface area contributed by atoms with Crippen molar-refractivity contribution in [3.63, 3.8) is 0 Å². The summed E-state index contributed by atoms with van der Waals surface area (Å²) in [6.07, 6.45) is 4.51. The van der Waals surface area contributed by atoms with Gasteiger partial charge in [0.2, 0.25) is 11.8 Å². The zero-order valence-corrected chi connectivity index (χ0v) is 11.5. The maximum atomic E-state index is 12.3. The second-order valence-electron chi connectivity index (χ2n) is 4.96. The van der Waals surface area contributed by atoms with Gasteiger partial charge in [-0.2, -0.15) is 0 Å². The van der Waals surface area contributed by atoms with E-state index in [0.29, 0.717) is 23.7 Å². The number of pyridine rings is 1. The Morgan fingerprint density at radius 3 is 2.85 bits per heavy atom. The number of carbonyl (C=O) groups excluding carboxylic acids is 2. The molecule has 0 bridgehead atoms. The summed E-state index contributed by atoms with van der Waals surface area (Å²) in [4.78, 5) is 29.9. The van der Waals surface area contributed by atoms with Gasteiger partial charge in [-0.15, -0.1) is 0 Å². The van der Waals surface area contributed by atoms with Crippen molar-refractivity contribution in [1.29, 1.82) is 0 Å². The molecule has 5 nitrogen and oxygen atoms in total. The molecule has 1 N–H and O–H groups in total. The Morgan fingerprint density at radius 2 is 2.10 bits per heavy atom. The third-order valence-electron chi connectivity index (χ3n) is 3.74. The number of nitrogens with zero attached hydrogens (tertiary/aromatic N) is 2. The standard InChI is InChI=1S/C14H14ClN3O2/c15-9-4-5-10-11(7-9)14(20)18(13(10)19)8-17-12-3-1-2-6-16-12/h1-4,6,10-11H,5,7-8H2,(H,16,17)/t10-,11-/m1/s1. The van der Waals surface area contributed by atoms with Crippen LogP contribution in [-0.2, 0) is 9.59 Å². The Kier molecular flexibility index (Phi) is 3.44. The van der Waals surface area contributed by atoms with Gasteiger partial charge in [0.05, 0.1) is 18.5 Å². The average molecular weight is 292 g/mol. The minimum absolute atomic E-state index is 0.121. The van der Waals surface area contributed by atoms with Gasteiger partial charge in [-0.25, -0.2) is 4.98 Å². The van der Waals surface area contributed by atoms with E-state index in [1.54, 1.807) is 18.3 Å². The monoisotopic (exact) mass is 291 g/mol. The minimum Gasteiger partial charge on any atom is -0.352 e. The molecule has 6 heteroatoms. The van der Waals surface area contributed by atoms with Crippen LogP contribution < -0.4 is 5.32 Å². The molecule has 2 heterocycles. The molecule has 0 saturated carbocycles. The molecule has 1 aliphatic heterocycles. The van der Waals surface area contributed by atoms with Crippen LogP contribution in [0.25, 0.3) is 0 Å². The number of hydrogen-bond donors (Lipinski definition) is 1. The highest BCUT2D eigenvalue weighted by Crippen LogP contribution is 2.38. The molecule has 0 unspecified atom stereocenters. The van der Waals surface area contributed by atoms with E-state index in [1.165, 1.54) is 4.90 Å². The lowest BCUT2D eigenvalue weighted by Gasteiger charge is -2.17. The van der Waals surface area contributed by atoms with E-state index in [1.807, 2.05) is 12.1 Å². The van der Waals surface area contributed by atoms with Gasteiger partial charge in [0.25, 0.3) is 0 Å². The molecular formula is C14H14ClN3O2. The van der Waals surface area contributed by atoms with E-state index >= 15 is 0 Å². The molecule has 3 rings (SSSR count). The fourth-order valence-corrected chi connectivity index (χ4v) is 2.93. The Labute approximate surface area is 121 Å². The number of anilines is 1. The zero-order chi connectivity index (χ0) is 14.1. The van der Waals surface area contributed by atoms with Crippen LogP contribution in [0, 0.1) is 11.8 Å². The van der Waals surface area contributed by atoms with Gasteiger partial charge >= 0.3 is 0 Å². The van der Waals surface area contributed by atoms with Gasteiger partial charge in [0, 0.05) is 11.2 Å². The van der Waals surface area contributed by atoms with Crippen LogP contribution in [0.4, 0.5) is 5.82 Å². The van der Waals surface area contributed by atoms with Gasteiger partial charge in [0.15, 0.2) is 0 Å². The smallest absolute Gasteiger partial charge is 0.234 e. The molecule has 2 aliphatic rings. The molecule has 1 aromatic rings. The summed E-state index contributed by atoms with van der Waals surface area (Å²) in [5.41, 5.74) is 0. The first-order chi connectivity index (χ1) is 9.66. The largest absolute Gasteiger partial charge is 0.352 e. The Balaban J connectivity index is 1.69. The number of rotatable bonds is 3. The molecule has 104 valence electrons. The molecule has 1 fully saturated rings. The van der Waals surface area contributed by atoms with Crippen molar-refractivity contribution in [2.75, 3.05) is 12.0 Å². The van der Waals surface area contributed by atoms with Crippen molar-refractivity contribution in [3.05, 3.63) is 35.5 Å². The normalized spacial score (nSPS) is 25.4. The Morgan fingerprint density at radius 1 is 1.30 bits per heavy atom. The van der Waals surface area contributed by atoms with Crippen LogP contribution in [0.3, 0.4) is 0 Å². The average Bonchev–Trinajstić information content (AvgIpc) is 2.70. The number of nitrogens with one attached hydrogen (secondary N) is 1. The number of amides is 2. The third kappa shape index (κ3) is 2.29. The predicted octanol–water partition coefficient (Wildman–Crippen LogP) is 1.97. The molecule has 2 amide bonds. The topological polar surface area (TPSA) is 62.3 Å². The first-order valence-corrected chi connectivity index (χ1v) is 6.89. The zero-order valence-electron chi connectivity index (χ0n) is 10.8. The molecule has 0 radical (unpaired) electrons. The van der Waals surface area contributed by atoms with Gasteiger partial charge in [-0.05, 0) is 25.0 Å². The van der Waals surface area contributed by atoms with E-state index in [2.05, 4.69) is 10.3 Å². The first-order valence-electron chi connectivity index (χ1n) is 6.51. The first kappa shape index (κ1) is 13.1. The van der Waals surface area contributed by atoms with E-state index in [9.17, 15) is 9.59 Å². The minimum atomic E-state index is -0.300. The third-order valence-corrected chi connectivity index (χ3v) is 4.05. The van der Waals surface area contributed by atoms with E-state index < -0.39 is 0 Å². The van der Waals surface area contributed by atoms with Crippen LogP contribution in [0.15, 0.2) is 35.5 Å². The second kappa shape index (κ2) is 5.25. The van der Waals surface area contributed by atoms with Crippen molar-refractivity contribution >= 4 is 29.2 Å². The molecule has 0 spiro atoms. The van der Waals surface area contributed by atoms with Gasteiger partial charge in [0.1, 0.15) is 5.82 Å². The lowest BCUT2D eigenvalue weighted by Crippen LogP contribution is -2.35. The summed E-state index contributed by atoms with van der Waals surface area (Å²) in [5.74, 6) is -0.182. The number of hydrogen-bond acceptors (Lipinski definition) is 4. The lowest BCUT2D eigenvalue weighted by molar-refractivity contribution is -0.139. The summed E-state index contributed by atoms with van der Waals surface area (Å²) >= 11 is 5.97. The number of likely N-dealkylation sites (tertiary alicyclic amines) is 1. The second-order valence-corrected chi connectivity index (χ2v) is 5.44. The van der Waals surface area contributed by atoms with Gasteiger partial charge in [-0.3, -0.25) is 14.5 Å².